The average molecular weight is 398 g/mol. The highest BCUT2D eigenvalue weighted by molar-refractivity contribution is 6.33. The number of nitrogens with zero attached hydrogens (tertiary/aromatic N) is 2. The topological polar surface area (TPSA) is 31.9 Å². The van der Waals surface area contributed by atoms with Gasteiger partial charge in [-0.3, -0.25) is 4.90 Å². The third-order valence-electron chi connectivity index (χ3n) is 5.91. The second kappa shape index (κ2) is 6.97. The molecule has 3 aromatic rings. The number of imidazole rings is 1. The van der Waals surface area contributed by atoms with Crippen molar-refractivity contribution in [3.63, 3.8) is 0 Å². The van der Waals surface area contributed by atoms with E-state index in [2.05, 4.69) is 22.0 Å². The predicted molar refractivity (Wildman–Crippen MR) is 110 cm³/mol. The zero-order valence-electron chi connectivity index (χ0n) is 15.0. The maximum atomic E-state index is 6.47. The summed E-state index contributed by atoms with van der Waals surface area (Å²) in [6, 6.07) is 14.7. The molecule has 0 amide bonds. The Hall–Kier alpha value is -1.81. The zero-order valence-corrected chi connectivity index (χ0v) is 16.5. The molecular weight excluding hydrogens is 377 g/mol. The molecule has 1 aliphatic heterocycles. The van der Waals surface area contributed by atoms with E-state index in [0.29, 0.717) is 6.04 Å². The summed E-state index contributed by atoms with van der Waals surface area (Å²) < 4.78 is 0. The van der Waals surface area contributed by atoms with Crippen LogP contribution in [-0.4, -0.2) is 27.5 Å². The van der Waals surface area contributed by atoms with Crippen LogP contribution in [0.1, 0.15) is 28.9 Å². The summed E-state index contributed by atoms with van der Waals surface area (Å²) in [7, 11) is 0. The molecule has 2 heterocycles. The van der Waals surface area contributed by atoms with Crippen LogP contribution in [0.3, 0.4) is 0 Å². The first-order valence-corrected chi connectivity index (χ1v) is 10.3. The summed E-state index contributed by atoms with van der Waals surface area (Å²) in [6.45, 7) is 1.96. The first-order chi connectivity index (χ1) is 13.2. The van der Waals surface area contributed by atoms with Gasteiger partial charge in [-0.05, 0) is 48.6 Å². The van der Waals surface area contributed by atoms with Crippen molar-refractivity contribution in [3.8, 4) is 11.4 Å². The highest BCUT2D eigenvalue weighted by Gasteiger charge is 2.29. The van der Waals surface area contributed by atoms with E-state index >= 15 is 0 Å². The van der Waals surface area contributed by atoms with E-state index in [9.17, 15) is 0 Å². The molecule has 0 spiro atoms. The number of aromatic nitrogens is 2. The number of hydrogen-bond donors (Lipinski definition) is 1. The predicted octanol–water partition coefficient (Wildman–Crippen LogP) is 5.30. The largest absolute Gasteiger partial charge is 0.340 e. The van der Waals surface area contributed by atoms with Crippen LogP contribution in [0.2, 0.25) is 10.0 Å². The normalized spacial score (nSPS) is 19.6. The molecule has 1 aliphatic carbocycles. The van der Waals surface area contributed by atoms with E-state index < -0.39 is 0 Å². The van der Waals surface area contributed by atoms with Crippen LogP contribution in [0.15, 0.2) is 42.5 Å². The number of halogens is 2. The van der Waals surface area contributed by atoms with Gasteiger partial charge in [-0.1, -0.05) is 47.5 Å². The lowest BCUT2D eigenvalue weighted by Gasteiger charge is -2.37. The quantitative estimate of drug-likeness (QED) is 0.635. The van der Waals surface area contributed by atoms with Crippen LogP contribution in [0, 0.1) is 0 Å². The first kappa shape index (κ1) is 17.3. The van der Waals surface area contributed by atoms with Crippen molar-refractivity contribution in [2.45, 2.75) is 38.3 Å². The maximum Gasteiger partial charge on any atom is 0.139 e. The Labute approximate surface area is 169 Å². The van der Waals surface area contributed by atoms with Crippen molar-refractivity contribution in [2.24, 2.45) is 0 Å². The van der Waals surface area contributed by atoms with Gasteiger partial charge in [0.15, 0.2) is 0 Å². The lowest BCUT2D eigenvalue weighted by Crippen LogP contribution is -2.42. The van der Waals surface area contributed by atoms with Gasteiger partial charge in [0.2, 0.25) is 0 Å². The van der Waals surface area contributed by atoms with Gasteiger partial charge in [0.1, 0.15) is 5.82 Å². The number of aromatic amines is 1. The smallest absolute Gasteiger partial charge is 0.139 e. The van der Waals surface area contributed by atoms with Gasteiger partial charge in [-0.25, -0.2) is 4.98 Å². The van der Waals surface area contributed by atoms with Crippen LogP contribution in [-0.2, 0) is 25.8 Å². The second-order valence-corrected chi connectivity index (χ2v) is 8.30. The van der Waals surface area contributed by atoms with Gasteiger partial charge in [-0.15, -0.1) is 0 Å². The van der Waals surface area contributed by atoms with Crippen LogP contribution < -0.4 is 0 Å². The molecule has 5 rings (SSSR count). The summed E-state index contributed by atoms with van der Waals surface area (Å²) in [4.78, 5) is 10.9. The summed E-state index contributed by atoms with van der Waals surface area (Å²) in [5.41, 5.74) is 6.12. The molecule has 2 aromatic carbocycles. The minimum Gasteiger partial charge on any atom is -0.340 e. The summed E-state index contributed by atoms with van der Waals surface area (Å²) in [5.74, 6) is 0.879. The van der Waals surface area contributed by atoms with Gasteiger partial charge in [-0.2, -0.15) is 0 Å². The first-order valence-electron chi connectivity index (χ1n) is 9.52. The SMILES string of the molecule is Clc1ccccc1-c1nc2c([nH]1)CN(C1CCc3cccc(Cl)c3C1)CC2. The average Bonchev–Trinajstić information content (AvgIpc) is 3.11. The van der Waals surface area contributed by atoms with E-state index in [1.165, 1.54) is 28.9 Å². The summed E-state index contributed by atoms with van der Waals surface area (Å²) in [5, 5.41) is 1.65. The molecule has 138 valence electrons. The highest BCUT2D eigenvalue weighted by Crippen LogP contribution is 2.33. The third kappa shape index (κ3) is 3.18. The van der Waals surface area contributed by atoms with E-state index in [4.69, 9.17) is 28.2 Å². The van der Waals surface area contributed by atoms with Crippen molar-refractivity contribution < 1.29 is 0 Å². The van der Waals surface area contributed by atoms with Crippen LogP contribution in [0.4, 0.5) is 0 Å². The van der Waals surface area contributed by atoms with Crippen LogP contribution in [0.5, 0.6) is 0 Å². The fraction of sp³-hybridized carbons (Fsp3) is 0.318. The molecule has 0 saturated heterocycles. The zero-order chi connectivity index (χ0) is 18.4. The Balaban J connectivity index is 1.38. The molecule has 1 aromatic heterocycles. The molecule has 1 unspecified atom stereocenters. The van der Waals surface area contributed by atoms with Gasteiger partial charge < -0.3 is 4.98 Å². The number of benzene rings is 2. The van der Waals surface area contributed by atoms with E-state index in [-0.39, 0.29) is 0 Å². The number of hydrogen-bond acceptors (Lipinski definition) is 2. The van der Waals surface area contributed by atoms with E-state index in [1.807, 2.05) is 30.3 Å². The van der Waals surface area contributed by atoms with E-state index in [0.717, 1.165) is 53.8 Å². The molecule has 1 N–H and O–H groups in total. The Morgan fingerprint density at radius 3 is 2.74 bits per heavy atom. The number of aryl methyl sites for hydroxylation is 1. The Bertz CT molecular complexity index is 995. The van der Waals surface area contributed by atoms with Crippen molar-refractivity contribution in [3.05, 3.63) is 75.0 Å². The van der Waals surface area contributed by atoms with Crippen molar-refractivity contribution in [2.75, 3.05) is 6.54 Å². The van der Waals surface area contributed by atoms with Gasteiger partial charge in [0, 0.05) is 36.1 Å². The minimum absolute atomic E-state index is 0.539. The van der Waals surface area contributed by atoms with Crippen LogP contribution >= 0.6 is 23.2 Å². The monoisotopic (exact) mass is 397 g/mol. The molecule has 2 aliphatic rings. The lowest BCUT2D eigenvalue weighted by atomic mass is 9.87. The molecule has 5 heteroatoms. The number of nitrogens with one attached hydrogen (secondary N) is 1. The number of H-pyrrole nitrogens is 1. The molecular formula is C22H21Cl2N3. The second-order valence-electron chi connectivity index (χ2n) is 7.49. The van der Waals surface area contributed by atoms with Gasteiger partial charge in [0.05, 0.1) is 16.4 Å². The lowest BCUT2D eigenvalue weighted by molar-refractivity contribution is 0.160. The summed E-state index contributed by atoms with van der Waals surface area (Å²) in [6.07, 6.45) is 4.31. The molecule has 0 saturated carbocycles. The molecule has 27 heavy (non-hydrogen) atoms. The molecule has 0 bridgehead atoms. The molecule has 0 fully saturated rings. The van der Waals surface area contributed by atoms with E-state index in [1.54, 1.807) is 0 Å². The van der Waals surface area contributed by atoms with Crippen LogP contribution in [0.25, 0.3) is 11.4 Å². The fourth-order valence-corrected chi connectivity index (χ4v) is 4.94. The van der Waals surface area contributed by atoms with Crippen molar-refractivity contribution in [1.82, 2.24) is 14.9 Å². The molecule has 0 radical (unpaired) electrons. The Kier molecular flexibility index (Phi) is 4.47. The molecule has 1 atom stereocenters. The summed E-state index contributed by atoms with van der Waals surface area (Å²) >= 11 is 12.8. The van der Waals surface area contributed by atoms with Gasteiger partial charge in [0.25, 0.3) is 0 Å². The highest BCUT2D eigenvalue weighted by atomic mass is 35.5. The van der Waals surface area contributed by atoms with Crippen molar-refractivity contribution in [1.29, 1.82) is 0 Å². The maximum absolute atomic E-state index is 6.47. The third-order valence-corrected chi connectivity index (χ3v) is 6.59. The van der Waals surface area contributed by atoms with Gasteiger partial charge >= 0.3 is 0 Å². The Morgan fingerprint density at radius 2 is 1.85 bits per heavy atom. The number of rotatable bonds is 2. The van der Waals surface area contributed by atoms with Crippen molar-refractivity contribution >= 4 is 23.2 Å². The molecule has 3 nitrogen and oxygen atoms in total. The number of fused-ring (bicyclic) bond motifs is 2. The minimum atomic E-state index is 0.539. The standard InChI is InChI=1S/C22H21Cl2N3/c23-18-6-2-1-5-16(18)22-25-20-10-11-27(13-21(20)26-22)15-9-8-14-4-3-7-19(24)17(14)12-15/h1-7,15H,8-13H2,(H,25,26). The Morgan fingerprint density at radius 1 is 1.00 bits per heavy atom. The fourth-order valence-electron chi connectivity index (χ4n) is 4.44.